The summed E-state index contributed by atoms with van der Waals surface area (Å²) in [6.07, 6.45) is 4.51. The Morgan fingerprint density at radius 1 is 0.977 bits per heavy atom. The maximum absolute atomic E-state index is 14.5. The van der Waals surface area contributed by atoms with E-state index >= 15 is 0 Å². The monoisotopic (exact) mass is 1340 g/mol. The summed E-state index contributed by atoms with van der Waals surface area (Å²) in [6, 6.07) is 7.04. The third kappa shape index (κ3) is 19.5. The molecule has 20 nitrogen and oxygen atoms in total. The number of anilines is 1. The van der Waals surface area contributed by atoms with Gasteiger partial charge in [0.05, 0.1) is 29.3 Å². The number of methoxy groups -OCH3 is 1. The predicted molar refractivity (Wildman–Crippen MR) is 334 cm³/mol. The number of unbranched alkanes of at least 4 members (excludes halogenated alkanes) is 3. The van der Waals surface area contributed by atoms with Crippen LogP contribution < -0.4 is 26.6 Å². The number of amides is 6. The van der Waals surface area contributed by atoms with Gasteiger partial charge in [0.2, 0.25) is 11.8 Å². The lowest BCUT2D eigenvalue weighted by molar-refractivity contribution is -0.158. The number of likely N-dealkylation sites (N-methyl/N-ethyl adjacent to an activating group) is 1. The Morgan fingerprint density at radius 3 is 2.27 bits per heavy atom. The Morgan fingerprint density at radius 2 is 1.64 bits per heavy atom. The van der Waals surface area contributed by atoms with E-state index in [9.17, 15) is 48.3 Å². The largest absolute Gasteiger partial charge is 0.457 e. The molecule has 3 aliphatic rings. The van der Waals surface area contributed by atoms with Gasteiger partial charge < -0.3 is 50.2 Å². The Bertz CT molecular complexity index is 2830. The molecule has 23 heteroatoms. The van der Waals surface area contributed by atoms with E-state index in [2.05, 4.69) is 47.8 Å². The zero-order valence-corrected chi connectivity index (χ0v) is 55.1. The molecular weight excluding hydrogens is 1260 g/mol. The Labute approximate surface area is 527 Å². The fourth-order valence-corrected chi connectivity index (χ4v) is 13.0. The summed E-state index contributed by atoms with van der Waals surface area (Å²) >= 11 is 13.6. The standard InChI is InChI=1S/C63H87Br2ClN6O14/c1-36(2)46(31-45(73)18-13-11-12-14-20-49(74)44(34-64)35-65)57(77)69-47(19-16-26-68-60(67)80)50(75)30-41-22-24-43(25-23-41)58(78)71(8)40(6)59(79)85-53-32-54(76)72(9)48-29-42(28-38(4)55(48)66)27-37(3)17-15-21-52(83-10)63(82)33-51(84-61(81)70-63)39(5)56-62(53,7)86-56/h15,17,21-25,28-29,36,39-40,44,46-47,51-53,56,82H,11-14,16,18-20,26-27,30-35H2,1-10H3,(H,69,77)(H,70,81)(H3,67,68,80)/b21-15+,37-17+/t39-,40+,46+,47+,51+,52-,53+,56+,62+,63+/m1/s1. The average Bonchev–Trinajstić information content (AvgIpc) is 1.61. The molecule has 2 aromatic carbocycles. The van der Waals surface area contributed by atoms with Crippen molar-refractivity contribution in [3.63, 3.8) is 0 Å². The number of aryl methyl sites for hydroxylation is 1. The first kappa shape index (κ1) is 71.2. The van der Waals surface area contributed by atoms with Gasteiger partial charge in [0.15, 0.2) is 11.5 Å². The van der Waals surface area contributed by atoms with Crippen LogP contribution in [0.5, 0.6) is 0 Å². The van der Waals surface area contributed by atoms with Crippen LogP contribution in [0, 0.1) is 30.6 Å². The minimum atomic E-state index is -1.89. The number of benzene rings is 2. The van der Waals surface area contributed by atoms with E-state index in [4.69, 9.17) is 36.3 Å². The molecule has 2 fully saturated rings. The number of urea groups is 1. The molecule has 0 unspecified atom stereocenters. The Hall–Kier alpha value is -5.52. The third-order valence-corrected chi connectivity index (χ3v) is 18.8. The molecule has 6 amide bonds. The second-order valence-corrected chi connectivity index (χ2v) is 25.4. The number of halogens is 3. The molecule has 6 N–H and O–H groups in total. The second-order valence-electron chi connectivity index (χ2n) is 23.7. The highest BCUT2D eigenvalue weighted by Crippen LogP contribution is 2.49. The smallest absolute Gasteiger partial charge is 0.409 e. The molecule has 2 saturated heterocycles. The number of nitrogens with one attached hydrogen (secondary N) is 3. The fourth-order valence-electron chi connectivity index (χ4n) is 11.0. The molecule has 4 bridgehead atoms. The first-order chi connectivity index (χ1) is 40.6. The van der Waals surface area contributed by atoms with Crippen molar-refractivity contribution in [1.29, 1.82) is 0 Å². The molecule has 2 aromatic rings. The zero-order chi connectivity index (χ0) is 63.8. The quantitative estimate of drug-likeness (QED) is 0.0242. The third-order valence-electron chi connectivity index (χ3n) is 16.7. The normalized spacial score (nSPS) is 24.4. The number of alkyl carbamates (subject to hydrolysis) is 1. The molecule has 0 aromatic heterocycles. The van der Waals surface area contributed by atoms with Crippen molar-refractivity contribution in [3.8, 4) is 0 Å². The van der Waals surface area contributed by atoms with Gasteiger partial charge in [-0.05, 0) is 101 Å². The molecule has 3 heterocycles. The number of allylic oxidation sites excluding steroid dienone is 3. The number of carbonyl (C=O) groups is 9. The van der Waals surface area contributed by atoms with Crippen LogP contribution in [0.2, 0.25) is 5.02 Å². The van der Waals surface area contributed by atoms with Gasteiger partial charge in [-0.15, -0.1) is 0 Å². The predicted octanol–water partition coefficient (Wildman–Crippen LogP) is 8.72. The van der Waals surface area contributed by atoms with E-state index in [1.807, 2.05) is 45.9 Å². The zero-order valence-electron chi connectivity index (χ0n) is 51.1. The van der Waals surface area contributed by atoms with Crippen LogP contribution in [0.1, 0.15) is 139 Å². The van der Waals surface area contributed by atoms with Crippen molar-refractivity contribution < 1.29 is 67.2 Å². The summed E-state index contributed by atoms with van der Waals surface area (Å²) in [5.74, 6) is -4.14. The molecule has 3 aliphatic heterocycles. The van der Waals surface area contributed by atoms with Crippen molar-refractivity contribution in [2.45, 2.75) is 180 Å². The maximum atomic E-state index is 14.5. The van der Waals surface area contributed by atoms with Crippen molar-refractivity contribution in [3.05, 3.63) is 87.5 Å². The number of nitrogens with zero attached hydrogens (tertiary/aromatic N) is 2. The van der Waals surface area contributed by atoms with Crippen molar-refractivity contribution in [2.75, 3.05) is 43.3 Å². The summed E-state index contributed by atoms with van der Waals surface area (Å²) in [7, 11) is 4.42. The van der Waals surface area contributed by atoms with Crippen LogP contribution in [-0.2, 0) is 60.6 Å². The van der Waals surface area contributed by atoms with Gasteiger partial charge in [0.25, 0.3) is 5.91 Å². The lowest BCUT2D eigenvalue weighted by Crippen LogP contribution is -2.63. The van der Waals surface area contributed by atoms with Crippen molar-refractivity contribution >= 4 is 102 Å². The van der Waals surface area contributed by atoms with Crippen LogP contribution in [0.15, 0.2) is 60.2 Å². The van der Waals surface area contributed by atoms with Gasteiger partial charge in [0, 0.05) is 93.8 Å². The lowest BCUT2D eigenvalue weighted by atomic mass is 9.83. The number of hydrogen-bond donors (Lipinski definition) is 5. The number of nitrogens with two attached hydrogens (primary N) is 1. The van der Waals surface area contributed by atoms with E-state index in [-0.39, 0.29) is 73.4 Å². The summed E-state index contributed by atoms with van der Waals surface area (Å²) < 4.78 is 24.0. The number of ketones is 3. The molecule has 474 valence electrons. The number of fused-ring (bicyclic) bond motifs is 5. The first-order valence-electron chi connectivity index (χ1n) is 29.5. The Balaban J connectivity index is 1.29. The average molecular weight is 1350 g/mol. The highest BCUT2D eigenvalue weighted by molar-refractivity contribution is 9.09. The summed E-state index contributed by atoms with van der Waals surface area (Å²) in [6.45, 7) is 12.5. The summed E-state index contributed by atoms with van der Waals surface area (Å²) in [5, 5.41) is 21.4. The molecular formula is C63H87Br2ClN6O14. The maximum Gasteiger partial charge on any atom is 0.409 e. The lowest BCUT2D eigenvalue weighted by Gasteiger charge is -2.42. The number of primary amides is 1. The van der Waals surface area contributed by atoms with Gasteiger partial charge >= 0.3 is 18.1 Å². The number of Topliss-reactive ketones (excluding diaryl/α,β-unsaturated/α-hetero) is 3. The van der Waals surface area contributed by atoms with Gasteiger partial charge in [-0.2, -0.15) is 0 Å². The van der Waals surface area contributed by atoms with Crippen molar-refractivity contribution in [1.82, 2.24) is 20.9 Å². The number of aliphatic hydroxyl groups is 1. The highest BCUT2D eigenvalue weighted by atomic mass is 79.9. The second kappa shape index (κ2) is 32.6. The van der Waals surface area contributed by atoms with E-state index in [0.717, 1.165) is 36.0 Å². The molecule has 5 rings (SSSR count). The van der Waals surface area contributed by atoms with Gasteiger partial charge in [0.1, 0.15) is 41.5 Å². The van der Waals surface area contributed by atoms with Gasteiger partial charge in [-0.1, -0.05) is 119 Å². The number of esters is 1. The van der Waals surface area contributed by atoms with Gasteiger partial charge in [-0.3, -0.25) is 34.1 Å². The van der Waals surface area contributed by atoms with Crippen LogP contribution in [0.4, 0.5) is 15.3 Å². The molecule has 86 heavy (non-hydrogen) atoms. The van der Waals surface area contributed by atoms with Crippen LogP contribution in [0.25, 0.3) is 0 Å². The van der Waals surface area contributed by atoms with E-state index in [1.54, 1.807) is 45.2 Å². The van der Waals surface area contributed by atoms with E-state index in [1.165, 1.54) is 43.0 Å². The molecule has 0 aliphatic carbocycles. The minimum absolute atomic E-state index is 0.00101. The number of alkyl halides is 2. The fraction of sp³-hybridized carbons (Fsp3) is 0.603. The Kier molecular flexibility index (Phi) is 27.0. The number of ether oxygens (including phenoxy) is 4. The topological polar surface area (TPSA) is 283 Å². The molecule has 0 radical (unpaired) electrons. The van der Waals surface area contributed by atoms with Crippen LogP contribution >= 0.6 is 43.5 Å². The van der Waals surface area contributed by atoms with E-state index < -0.39 is 95.5 Å². The summed E-state index contributed by atoms with van der Waals surface area (Å²) in [4.78, 5) is 124. The number of carbonyl (C=O) groups excluding carboxylic acids is 9. The summed E-state index contributed by atoms with van der Waals surface area (Å²) in [5.41, 5.74) is 5.71. The van der Waals surface area contributed by atoms with Gasteiger partial charge in [-0.25, -0.2) is 14.4 Å². The first-order valence-corrected chi connectivity index (χ1v) is 32.1. The molecule has 0 spiro atoms. The number of hydrogen-bond acceptors (Lipinski definition) is 14. The highest BCUT2D eigenvalue weighted by Gasteiger charge is 2.64. The van der Waals surface area contributed by atoms with Crippen LogP contribution in [0.3, 0.4) is 0 Å². The number of rotatable bonds is 27. The molecule has 0 saturated carbocycles. The minimum Gasteiger partial charge on any atom is -0.457 e. The SMILES string of the molecule is CO[C@@H]1/C=C/C=C(\C)Cc2cc(C)c(Cl)c(c2)N(C)C(=O)C[C@H](OC(=O)[C@H](C)N(C)C(=O)c2ccc(CC(=O)[C@H](CCCNC(N)=O)NC(=O)[C@@H](CC(=O)CCCCCCC(=O)C(CBr)CBr)C(C)C)cc2)[C@]2(C)O[C@H]2[C@H](C)[C@@H]2C[C@@]1(O)NC(=O)O2. The number of epoxide rings is 1. The molecule has 10 atom stereocenters. The van der Waals surface area contributed by atoms with E-state index in [0.29, 0.717) is 59.0 Å². The van der Waals surface area contributed by atoms with Crippen molar-refractivity contribution in [2.24, 2.45) is 29.4 Å². The van der Waals surface area contributed by atoms with Crippen LogP contribution in [-0.4, -0.2) is 149 Å².